The van der Waals surface area contributed by atoms with E-state index in [-0.39, 0.29) is 16.9 Å². The minimum atomic E-state index is -0.739. The van der Waals surface area contributed by atoms with E-state index in [4.69, 9.17) is 0 Å². The van der Waals surface area contributed by atoms with Crippen molar-refractivity contribution in [3.63, 3.8) is 0 Å². The van der Waals surface area contributed by atoms with Gasteiger partial charge in [-0.25, -0.2) is 4.79 Å². The molecule has 1 atom stereocenters. The standard InChI is InChI=1S/C21H20N2O5S/c1-10-6-7-13-14(8-10)29-20-15(13)17(24)16(19(26)23-20)18(25)22-12-5-3-4-11(9-12)21(27)28-2/h3-5,9-10H,6-8H2,1-2H3,(H,22,25)(H2,23,24,26)/t10-/m1/s1. The van der Waals surface area contributed by atoms with Gasteiger partial charge in [0.25, 0.3) is 11.5 Å². The van der Waals surface area contributed by atoms with Gasteiger partial charge in [-0.15, -0.1) is 11.3 Å². The Morgan fingerprint density at radius 1 is 1.34 bits per heavy atom. The highest BCUT2D eigenvalue weighted by atomic mass is 32.1. The van der Waals surface area contributed by atoms with Gasteiger partial charge in [0.15, 0.2) is 0 Å². The van der Waals surface area contributed by atoms with Crippen LogP contribution in [0.2, 0.25) is 0 Å². The molecule has 0 aliphatic heterocycles. The normalized spacial score (nSPS) is 15.7. The summed E-state index contributed by atoms with van der Waals surface area (Å²) < 4.78 is 4.67. The van der Waals surface area contributed by atoms with Crippen LogP contribution in [0, 0.1) is 5.92 Å². The number of amides is 1. The number of hydrogen-bond donors (Lipinski definition) is 3. The number of esters is 1. The topological polar surface area (TPSA) is 108 Å². The fourth-order valence-electron chi connectivity index (χ4n) is 3.73. The van der Waals surface area contributed by atoms with Gasteiger partial charge < -0.3 is 20.1 Å². The highest BCUT2D eigenvalue weighted by Gasteiger charge is 2.27. The smallest absolute Gasteiger partial charge is 0.337 e. The molecule has 0 spiro atoms. The molecule has 1 amide bonds. The summed E-state index contributed by atoms with van der Waals surface area (Å²) in [5.74, 6) is -1.02. The minimum Gasteiger partial charge on any atom is -0.506 e. The zero-order chi connectivity index (χ0) is 20.7. The lowest BCUT2D eigenvalue weighted by molar-refractivity contribution is 0.0600. The maximum Gasteiger partial charge on any atom is 0.337 e. The SMILES string of the molecule is COC(=O)c1cccc(NC(=O)c2c(O)c3c4c(sc3[nH]c2=O)C[C@H](C)CC4)c1. The van der Waals surface area contributed by atoms with Gasteiger partial charge in [-0.05, 0) is 48.9 Å². The molecule has 8 heteroatoms. The van der Waals surface area contributed by atoms with Crippen LogP contribution in [-0.2, 0) is 17.6 Å². The molecular weight excluding hydrogens is 392 g/mol. The van der Waals surface area contributed by atoms with Gasteiger partial charge in [-0.1, -0.05) is 13.0 Å². The van der Waals surface area contributed by atoms with Gasteiger partial charge in [-0.2, -0.15) is 0 Å². The van der Waals surface area contributed by atoms with E-state index in [1.165, 1.54) is 24.5 Å². The molecule has 1 aliphatic carbocycles. The molecule has 150 valence electrons. The van der Waals surface area contributed by atoms with Crippen molar-refractivity contribution in [2.45, 2.75) is 26.2 Å². The second-order valence-corrected chi connectivity index (χ2v) is 8.37. The number of aromatic amines is 1. The van der Waals surface area contributed by atoms with Crippen molar-refractivity contribution >= 4 is 39.1 Å². The summed E-state index contributed by atoms with van der Waals surface area (Å²) in [7, 11) is 1.27. The molecule has 7 nitrogen and oxygen atoms in total. The van der Waals surface area contributed by atoms with Crippen molar-refractivity contribution < 1.29 is 19.4 Å². The zero-order valence-electron chi connectivity index (χ0n) is 16.0. The van der Waals surface area contributed by atoms with Crippen molar-refractivity contribution in [2.75, 3.05) is 12.4 Å². The Morgan fingerprint density at radius 2 is 2.14 bits per heavy atom. The Balaban J connectivity index is 1.73. The molecule has 0 saturated carbocycles. The molecule has 0 radical (unpaired) electrons. The van der Waals surface area contributed by atoms with E-state index in [1.807, 2.05) is 0 Å². The molecule has 1 aromatic carbocycles. The molecule has 4 rings (SSSR count). The summed E-state index contributed by atoms with van der Waals surface area (Å²) in [6, 6.07) is 6.17. The largest absolute Gasteiger partial charge is 0.506 e. The van der Waals surface area contributed by atoms with Gasteiger partial charge in [-0.3, -0.25) is 9.59 Å². The highest BCUT2D eigenvalue weighted by Crippen LogP contribution is 2.41. The van der Waals surface area contributed by atoms with E-state index in [9.17, 15) is 19.5 Å². The number of carbonyl (C=O) groups is 2. The minimum absolute atomic E-state index is 0.264. The van der Waals surface area contributed by atoms with Crippen molar-refractivity contribution in [3.8, 4) is 5.75 Å². The second-order valence-electron chi connectivity index (χ2n) is 7.26. The number of fused-ring (bicyclic) bond motifs is 3. The number of rotatable bonds is 3. The monoisotopic (exact) mass is 412 g/mol. The molecule has 0 fully saturated rings. The molecule has 0 bridgehead atoms. The van der Waals surface area contributed by atoms with E-state index >= 15 is 0 Å². The number of carbonyl (C=O) groups excluding carboxylic acids is 2. The molecule has 2 aromatic heterocycles. The zero-order valence-corrected chi connectivity index (χ0v) is 16.8. The fourth-order valence-corrected chi connectivity index (χ4v) is 5.14. The predicted molar refractivity (Wildman–Crippen MR) is 111 cm³/mol. The van der Waals surface area contributed by atoms with Gasteiger partial charge in [0, 0.05) is 10.6 Å². The first-order valence-electron chi connectivity index (χ1n) is 9.28. The van der Waals surface area contributed by atoms with Gasteiger partial charge in [0.2, 0.25) is 0 Å². The molecule has 3 N–H and O–H groups in total. The molecule has 0 unspecified atom stereocenters. The Labute approximate surface area is 170 Å². The highest BCUT2D eigenvalue weighted by molar-refractivity contribution is 7.18. The predicted octanol–water partition coefficient (Wildman–Crippen LogP) is 3.46. The van der Waals surface area contributed by atoms with Crippen LogP contribution in [0.4, 0.5) is 5.69 Å². The Hall–Kier alpha value is -3.13. The average Bonchev–Trinajstić information content (AvgIpc) is 3.04. The summed E-state index contributed by atoms with van der Waals surface area (Å²) in [4.78, 5) is 41.5. The van der Waals surface area contributed by atoms with Gasteiger partial charge in [0.05, 0.1) is 18.1 Å². The van der Waals surface area contributed by atoms with Crippen LogP contribution >= 0.6 is 11.3 Å². The van der Waals surface area contributed by atoms with Crippen LogP contribution in [0.3, 0.4) is 0 Å². The number of aryl methyl sites for hydroxylation is 1. The Bertz CT molecular complexity index is 1190. The second kappa shape index (κ2) is 7.36. The summed E-state index contributed by atoms with van der Waals surface area (Å²) in [6.45, 7) is 2.18. The molecule has 3 aromatic rings. The number of nitrogens with one attached hydrogen (secondary N) is 2. The molecular formula is C21H20N2O5S. The first kappa shape index (κ1) is 19.2. The first-order valence-corrected chi connectivity index (χ1v) is 10.1. The number of hydrogen-bond acceptors (Lipinski definition) is 6. The quantitative estimate of drug-likeness (QED) is 0.571. The van der Waals surface area contributed by atoms with Crippen LogP contribution < -0.4 is 10.9 Å². The first-order chi connectivity index (χ1) is 13.9. The summed E-state index contributed by atoms with van der Waals surface area (Å²) in [5, 5.41) is 14.0. The Kier molecular flexibility index (Phi) is 4.87. The van der Waals surface area contributed by atoms with Crippen molar-refractivity contribution in [3.05, 3.63) is 56.2 Å². The summed E-state index contributed by atoms with van der Waals surface area (Å²) in [5.41, 5.74) is 0.611. The van der Waals surface area contributed by atoms with Crippen molar-refractivity contribution in [1.82, 2.24) is 4.98 Å². The number of benzene rings is 1. The van der Waals surface area contributed by atoms with E-state index in [0.717, 1.165) is 29.7 Å². The lowest BCUT2D eigenvalue weighted by atomic mass is 9.89. The van der Waals surface area contributed by atoms with Crippen molar-refractivity contribution in [1.29, 1.82) is 0 Å². The van der Waals surface area contributed by atoms with Crippen LogP contribution in [0.15, 0.2) is 29.1 Å². The van der Waals surface area contributed by atoms with Crippen LogP contribution in [0.5, 0.6) is 5.75 Å². The van der Waals surface area contributed by atoms with Crippen LogP contribution in [-0.4, -0.2) is 29.1 Å². The van der Waals surface area contributed by atoms with Crippen molar-refractivity contribution in [2.24, 2.45) is 5.92 Å². The third-order valence-corrected chi connectivity index (χ3v) is 6.38. The molecule has 29 heavy (non-hydrogen) atoms. The van der Waals surface area contributed by atoms with Gasteiger partial charge >= 0.3 is 5.97 Å². The Morgan fingerprint density at radius 3 is 2.90 bits per heavy atom. The molecule has 2 heterocycles. The van der Waals surface area contributed by atoms with Crippen LogP contribution in [0.25, 0.3) is 10.2 Å². The van der Waals surface area contributed by atoms with E-state index in [2.05, 4.69) is 22.0 Å². The van der Waals surface area contributed by atoms with Gasteiger partial charge in [0.1, 0.15) is 16.1 Å². The summed E-state index contributed by atoms with van der Waals surface area (Å²) in [6.07, 6.45) is 2.70. The third-order valence-electron chi connectivity index (χ3n) is 5.21. The summed E-state index contributed by atoms with van der Waals surface area (Å²) >= 11 is 1.47. The number of anilines is 1. The number of methoxy groups -OCH3 is 1. The number of thiophene rings is 1. The number of ether oxygens (including phenoxy) is 1. The van der Waals surface area contributed by atoms with E-state index in [0.29, 0.717) is 21.8 Å². The molecule has 1 aliphatic rings. The van der Waals surface area contributed by atoms with E-state index < -0.39 is 17.4 Å². The maximum atomic E-state index is 12.8. The number of aromatic hydroxyl groups is 1. The fraction of sp³-hybridized carbons (Fsp3) is 0.286. The lowest BCUT2D eigenvalue weighted by Crippen LogP contribution is -2.23. The third kappa shape index (κ3) is 3.40. The number of aromatic nitrogens is 1. The number of pyridine rings is 1. The average molecular weight is 412 g/mol. The maximum absolute atomic E-state index is 12.8. The van der Waals surface area contributed by atoms with Crippen LogP contribution in [0.1, 0.15) is 44.5 Å². The number of H-pyrrole nitrogens is 1. The van der Waals surface area contributed by atoms with E-state index in [1.54, 1.807) is 18.2 Å². The lowest BCUT2D eigenvalue weighted by Gasteiger charge is -2.18. The molecule has 0 saturated heterocycles.